The molecule has 26 heavy (non-hydrogen) atoms. The SMILES string of the molecule is COc1cccc(CN2CCN3CCC[C@H]3[C@H]2C2CCCCC2)c1OC. The Morgan fingerprint density at radius 3 is 2.54 bits per heavy atom. The summed E-state index contributed by atoms with van der Waals surface area (Å²) in [5.74, 6) is 2.62. The lowest BCUT2D eigenvalue weighted by molar-refractivity contribution is -0.00416. The van der Waals surface area contributed by atoms with E-state index in [4.69, 9.17) is 9.47 Å². The van der Waals surface area contributed by atoms with E-state index < -0.39 is 0 Å². The lowest BCUT2D eigenvalue weighted by Gasteiger charge is -2.49. The van der Waals surface area contributed by atoms with E-state index >= 15 is 0 Å². The highest BCUT2D eigenvalue weighted by atomic mass is 16.5. The smallest absolute Gasteiger partial charge is 0.165 e. The molecular weight excluding hydrogens is 324 g/mol. The molecule has 3 fully saturated rings. The molecule has 3 aliphatic rings. The summed E-state index contributed by atoms with van der Waals surface area (Å²) in [6.45, 7) is 4.69. The molecule has 1 aliphatic carbocycles. The quantitative estimate of drug-likeness (QED) is 0.796. The maximum atomic E-state index is 5.71. The molecule has 0 bridgehead atoms. The third-order valence-electron chi connectivity index (χ3n) is 6.90. The molecule has 4 nitrogen and oxygen atoms in total. The minimum Gasteiger partial charge on any atom is -0.493 e. The molecule has 2 saturated heterocycles. The number of piperazine rings is 1. The highest BCUT2D eigenvalue weighted by Gasteiger charge is 2.43. The topological polar surface area (TPSA) is 24.9 Å². The minimum atomic E-state index is 0.711. The van der Waals surface area contributed by atoms with Gasteiger partial charge >= 0.3 is 0 Å². The van der Waals surface area contributed by atoms with Gasteiger partial charge in [0.1, 0.15) is 0 Å². The molecule has 0 unspecified atom stereocenters. The van der Waals surface area contributed by atoms with Crippen LogP contribution in [0.15, 0.2) is 18.2 Å². The summed E-state index contributed by atoms with van der Waals surface area (Å²) in [5.41, 5.74) is 1.26. The van der Waals surface area contributed by atoms with Gasteiger partial charge in [-0.05, 0) is 44.2 Å². The van der Waals surface area contributed by atoms with Crippen LogP contribution in [-0.4, -0.2) is 55.7 Å². The molecule has 1 saturated carbocycles. The van der Waals surface area contributed by atoms with E-state index in [1.807, 2.05) is 6.07 Å². The fraction of sp³-hybridized carbons (Fsp3) is 0.727. The molecule has 2 heterocycles. The van der Waals surface area contributed by atoms with E-state index in [1.54, 1.807) is 14.2 Å². The molecule has 4 rings (SSSR count). The van der Waals surface area contributed by atoms with Crippen molar-refractivity contribution in [1.29, 1.82) is 0 Å². The molecular formula is C22H34N2O2. The normalized spacial score (nSPS) is 28.1. The van der Waals surface area contributed by atoms with Gasteiger partial charge in [0.25, 0.3) is 0 Å². The number of ether oxygens (including phenoxy) is 2. The molecule has 144 valence electrons. The Morgan fingerprint density at radius 1 is 0.923 bits per heavy atom. The van der Waals surface area contributed by atoms with Crippen molar-refractivity contribution in [3.63, 3.8) is 0 Å². The van der Waals surface area contributed by atoms with Gasteiger partial charge in [0, 0.05) is 37.3 Å². The first-order chi connectivity index (χ1) is 12.8. The molecule has 2 atom stereocenters. The van der Waals surface area contributed by atoms with Crippen molar-refractivity contribution in [3.05, 3.63) is 23.8 Å². The number of methoxy groups -OCH3 is 2. The van der Waals surface area contributed by atoms with Crippen molar-refractivity contribution >= 4 is 0 Å². The van der Waals surface area contributed by atoms with Crippen LogP contribution in [0, 0.1) is 5.92 Å². The second-order valence-electron chi connectivity index (χ2n) is 8.26. The standard InChI is InChI=1S/C22H34N2O2/c1-25-20-12-6-10-18(22(20)26-2)16-24-15-14-23-13-7-11-19(23)21(24)17-8-4-3-5-9-17/h6,10,12,17,19,21H,3-5,7-9,11,13-16H2,1-2H3/t19-,21+/m0/s1. The number of fused-ring (bicyclic) bond motifs is 1. The summed E-state index contributed by atoms with van der Waals surface area (Å²) in [4.78, 5) is 5.55. The summed E-state index contributed by atoms with van der Waals surface area (Å²) in [6, 6.07) is 7.78. The zero-order chi connectivity index (χ0) is 17.9. The number of para-hydroxylation sites is 1. The predicted molar refractivity (Wildman–Crippen MR) is 105 cm³/mol. The first kappa shape index (κ1) is 18.1. The molecule has 2 aliphatic heterocycles. The van der Waals surface area contributed by atoms with Crippen LogP contribution in [-0.2, 0) is 6.54 Å². The largest absolute Gasteiger partial charge is 0.493 e. The Labute approximate surface area is 158 Å². The number of hydrogen-bond donors (Lipinski definition) is 0. The van der Waals surface area contributed by atoms with Crippen LogP contribution in [0.25, 0.3) is 0 Å². The van der Waals surface area contributed by atoms with Gasteiger partial charge in [-0.1, -0.05) is 31.4 Å². The van der Waals surface area contributed by atoms with E-state index in [0.717, 1.165) is 30.0 Å². The van der Waals surface area contributed by atoms with E-state index in [0.29, 0.717) is 6.04 Å². The van der Waals surface area contributed by atoms with Gasteiger partial charge < -0.3 is 9.47 Å². The zero-order valence-electron chi connectivity index (χ0n) is 16.5. The summed E-state index contributed by atoms with van der Waals surface area (Å²) >= 11 is 0. The highest BCUT2D eigenvalue weighted by Crippen LogP contribution is 2.39. The van der Waals surface area contributed by atoms with Crippen LogP contribution >= 0.6 is 0 Å². The lowest BCUT2D eigenvalue weighted by atomic mass is 9.78. The van der Waals surface area contributed by atoms with Gasteiger partial charge in [0.05, 0.1) is 14.2 Å². The van der Waals surface area contributed by atoms with Crippen molar-refractivity contribution in [2.75, 3.05) is 33.9 Å². The van der Waals surface area contributed by atoms with Gasteiger partial charge in [-0.15, -0.1) is 0 Å². The van der Waals surface area contributed by atoms with Crippen molar-refractivity contribution in [3.8, 4) is 11.5 Å². The Hall–Kier alpha value is -1.26. The Balaban J connectivity index is 1.59. The zero-order valence-corrected chi connectivity index (χ0v) is 16.5. The fourth-order valence-corrected chi connectivity index (χ4v) is 5.74. The number of nitrogens with zero attached hydrogens (tertiary/aromatic N) is 2. The van der Waals surface area contributed by atoms with Gasteiger partial charge in [-0.3, -0.25) is 9.80 Å². The van der Waals surface area contributed by atoms with Crippen LogP contribution in [0.5, 0.6) is 11.5 Å². The summed E-state index contributed by atoms with van der Waals surface area (Å²) in [7, 11) is 3.48. The van der Waals surface area contributed by atoms with Gasteiger partial charge in [0.2, 0.25) is 0 Å². The number of hydrogen-bond acceptors (Lipinski definition) is 4. The Bertz CT molecular complexity index is 600. The third-order valence-corrected chi connectivity index (χ3v) is 6.90. The maximum Gasteiger partial charge on any atom is 0.165 e. The van der Waals surface area contributed by atoms with E-state index in [1.165, 1.54) is 70.1 Å². The van der Waals surface area contributed by atoms with Gasteiger partial charge in [-0.2, -0.15) is 0 Å². The van der Waals surface area contributed by atoms with Gasteiger partial charge in [-0.25, -0.2) is 0 Å². The molecule has 0 radical (unpaired) electrons. The monoisotopic (exact) mass is 358 g/mol. The first-order valence-electron chi connectivity index (χ1n) is 10.5. The average Bonchev–Trinajstić information content (AvgIpc) is 3.17. The molecule has 4 heteroatoms. The van der Waals surface area contributed by atoms with E-state index in [-0.39, 0.29) is 0 Å². The minimum absolute atomic E-state index is 0.711. The van der Waals surface area contributed by atoms with Crippen molar-refractivity contribution in [2.45, 2.75) is 63.6 Å². The summed E-state index contributed by atoms with van der Waals surface area (Å²) in [5, 5.41) is 0. The Morgan fingerprint density at radius 2 is 1.77 bits per heavy atom. The summed E-state index contributed by atoms with van der Waals surface area (Å²) in [6.07, 6.45) is 9.87. The van der Waals surface area contributed by atoms with E-state index in [9.17, 15) is 0 Å². The van der Waals surface area contributed by atoms with E-state index in [2.05, 4.69) is 21.9 Å². The molecule has 0 aromatic heterocycles. The van der Waals surface area contributed by atoms with Crippen LogP contribution in [0.2, 0.25) is 0 Å². The number of rotatable bonds is 5. The van der Waals surface area contributed by atoms with Crippen LogP contribution in [0.1, 0.15) is 50.5 Å². The van der Waals surface area contributed by atoms with Crippen LogP contribution < -0.4 is 9.47 Å². The van der Waals surface area contributed by atoms with Crippen LogP contribution in [0.3, 0.4) is 0 Å². The molecule has 0 N–H and O–H groups in total. The average molecular weight is 359 g/mol. The molecule has 0 amide bonds. The lowest BCUT2D eigenvalue weighted by Crippen LogP contribution is -2.59. The fourth-order valence-electron chi connectivity index (χ4n) is 5.74. The third kappa shape index (κ3) is 3.46. The van der Waals surface area contributed by atoms with Crippen LogP contribution in [0.4, 0.5) is 0 Å². The first-order valence-corrected chi connectivity index (χ1v) is 10.5. The molecule has 1 aromatic carbocycles. The second-order valence-corrected chi connectivity index (χ2v) is 8.26. The molecule has 1 aromatic rings. The maximum absolute atomic E-state index is 5.71. The molecule has 0 spiro atoms. The Kier molecular flexibility index (Phi) is 5.70. The van der Waals surface area contributed by atoms with Crippen molar-refractivity contribution in [2.24, 2.45) is 5.92 Å². The highest BCUT2D eigenvalue weighted by molar-refractivity contribution is 5.46. The van der Waals surface area contributed by atoms with Crippen molar-refractivity contribution < 1.29 is 9.47 Å². The van der Waals surface area contributed by atoms with Crippen molar-refractivity contribution in [1.82, 2.24) is 9.80 Å². The summed E-state index contributed by atoms with van der Waals surface area (Å²) < 4.78 is 11.2. The van der Waals surface area contributed by atoms with Gasteiger partial charge in [0.15, 0.2) is 11.5 Å². The number of benzene rings is 1. The predicted octanol–water partition coefficient (Wildman–Crippen LogP) is 3.93. The second kappa shape index (κ2) is 8.18.